The quantitative estimate of drug-likeness (QED) is 0.183. The van der Waals surface area contributed by atoms with Crippen LogP contribution in [0.4, 0.5) is 0 Å². The van der Waals surface area contributed by atoms with E-state index in [9.17, 15) is 0 Å². The van der Waals surface area contributed by atoms with Crippen LogP contribution in [0.3, 0.4) is 0 Å². The minimum atomic E-state index is 0.698. The van der Waals surface area contributed by atoms with Crippen LogP contribution >= 0.6 is 11.3 Å². The van der Waals surface area contributed by atoms with Crippen LogP contribution in [0.15, 0.2) is 170 Å². The molecule has 0 aliphatic heterocycles. The van der Waals surface area contributed by atoms with Gasteiger partial charge in [0, 0.05) is 55.5 Å². The normalized spacial score (nSPS) is 11.5. The third kappa shape index (κ3) is 5.32. The minimum Gasteiger partial charge on any atom is -0.263 e. The largest absolute Gasteiger partial charge is 0.263 e. The van der Waals surface area contributed by atoms with Crippen molar-refractivity contribution in [3.8, 4) is 56.2 Å². The molecule has 0 fully saturated rings. The highest BCUT2D eigenvalue weighted by molar-refractivity contribution is 7.25. The smallest absolute Gasteiger partial charge is 0.160 e. The van der Waals surface area contributed by atoms with Crippen molar-refractivity contribution in [2.45, 2.75) is 0 Å². The van der Waals surface area contributed by atoms with Crippen LogP contribution < -0.4 is 0 Å². The van der Waals surface area contributed by atoms with Gasteiger partial charge in [0.1, 0.15) is 0 Å². The molecule has 4 heterocycles. The fourth-order valence-corrected chi connectivity index (χ4v) is 8.03. The van der Waals surface area contributed by atoms with Crippen LogP contribution in [-0.2, 0) is 0 Å². The molecule has 0 radical (unpaired) electrons. The average Bonchev–Trinajstić information content (AvgIpc) is 3.57. The van der Waals surface area contributed by atoms with E-state index in [2.05, 4.69) is 138 Å². The van der Waals surface area contributed by atoms with Crippen LogP contribution in [0.2, 0.25) is 0 Å². The maximum atomic E-state index is 5.06. The molecule has 5 heteroatoms. The fraction of sp³-hybridized carbons (Fsp3) is 0. The lowest BCUT2D eigenvalue weighted by atomic mass is 9.98. The van der Waals surface area contributed by atoms with E-state index in [1.54, 1.807) is 11.3 Å². The Kier molecular flexibility index (Phi) is 6.96. The molecule has 51 heavy (non-hydrogen) atoms. The van der Waals surface area contributed by atoms with Crippen molar-refractivity contribution in [2.24, 2.45) is 0 Å². The summed E-state index contributed by atoms with van der Waals surface area (Å²) < 4.78 is 2.48. The predicted molar refractivity (Wildman–Crippen MR) is 213 cm³/mol. The summed E-state index contributed by atoms with van der Waals surface area (Å²) in [6.07, 6.45) is 3.85. The van der Waals surface area contributed by atoms with Crippen molar-refractivity contribution in [1.82, 2.24) is 19.9 Å². The van der Waals surface area contributed by atoms with Gasteiger partial charge in [-0.3, -0.25) is 4.98 Å². The van der Waals surface area contributed by atoms with E-state index in [0.29, 0.717) is 5.82 Å². The number of fused-ring (bicyclic) bond motifs is 5. The van der Waals surface area contributed by atoms with Crippen molar-refractivity contribution < 1.29 is 0 Å². The molecule has 0 N–H and O–H groups in total. The molecular formula is C46H28N4S. The van der Waals surface area contributed by atoms with Gasteiger partial charge in [0.2, 0.25) is 0 Å². The molecule has 0 aliphatic carbocycles. The molecule has 0 spiro atoms. The van der Waals surface area contributed by atoms with Gasteiger partial charge >= 0.3 is 0 Å². The number of aromatic nitrogens is 4. The summed E-state index contributed by atoms with van der Waals surface area (Å²) >= 11 is 1.80. The molecule has 0 saturated heterocycles. The molecule has 0 saturated carbocycles. The van der Waals surface area contributed by atoms with E-state index in [0.717, 1.165) is 72.1 Å². The monoisotopic (exact) mass is 668 g/mol. The van der Waals surface area contributed by atoms with E-state index in [1.807, 2.05) is 36.7 Å². The van der Waals surface area contributed by atoms with Gasteiger partial charge in [0.25, 0.3) is 0 Å². The van der Waals surface area contributed by atoms with Gasteiger partial charge in [-0.05, 0) is 52.4 Å². The number of hydrogen-bond donors (Lipinski definition) is 0. The zero-order valence-electron chi connectivity index (χ0n) is 27.4. The third-order valence-corrected chi connectivity index (χ3v) is 10.7. The third-order valence-electron chi connectivity index (χ3n) is 9.57. The molecular weight excluding hydrogens is 641 g/mol. The highest BCUT2D eigenvalue weighted by Crippen LogP contribution is 2.36. The lowest BCUT2D eigenvalue weighted by Gasteiger charge is -2.11. The summed E-state index contributed by atoms with van der Waals surface area (Å²) in [6, 6.07) is 55.2. The zero-order valence-corrected chi connectivity index (χ0v) is 28.2. The van der Waals surface area contributed by atoms with E-state index in [-0.39, 0.29) is 0 Å². The van der Waals surface area contributed by atoms with Gasteiger partial charge in [-0.15, -0.1) is 11.3 Å². The lowest BCUT2D eigenvalue weighted by molar-refractivity contribution is 1.18. The van der Waals surface area contributed by atoms with Crippen molar-refractivity contribution in [2.75, 3.05) is 0 Å². The Morgan fingerprint density at radius 1 is 0.392 bits per heavy atom. The summed E-state index contributed by atoms with van der Waals surface area (Å²) in [5, 5.41) is 4.68. The standard InChI is InChI=1S/C46H28N4S/c1-2-8-33(9-3-1)46-49-41(26-42(50-46)32-20-16-30(17-21-32)39-28-47-27-35-10-4-5-11-37(35)39)31-18-14-29(15-19-31)34-22-23-40-36(24-34)25-44-45(48-40)38-12-6-7-13-43(38)51-44/h1-28H. The number of pyridine rings is 2. The van der Waals surface area contributed by atoms with E-state index < -0.39 is 0 Å². The van der Waals surface area contributed by atoms with E-state index >= 15 is 0 Å². The SMILES string of the molecule is c1ccc(-c2nc(-c3ccc(-c4ccc5nc6c(cc5c4)sc4ccccc46)cc3)cc(-c3ccc(-c4cncc5ccccc45)cc3)n2)cc1. The van der Waals surface area contributed by atoms with Gasteiger partial charge < -0.3 is 0 Å². The minimum absolute atomic E-state index is 0.698. The van der Waals surface area contributed by atoms with E-state index in [4.69, 9.17) is 15.0 Å². The van der Waals surface area contributed by atoms with Gasteiger partial charge in [0.15, 0.2) is 5.82 Å². The summed E-state index contributed by atoms with van der Waals surface area (Å²) in [5.74, 6) is 0.698. The Bertz CT molecular complexity index is 2890. The first-order valence-corrected chi connectivity index (χ1v) is 17.8. The number of rotatable bonds is 5. The summed E-state index contributed by atoms with van der Waals surface area (Å²) in [4.78, 5) is 19.7. The number of nitrogens with zero attached hydrogens (tertiary/aromatic N) is 4. The first-order chi connectivity index (χ1) is 25.2. The molecule has 0 aliphatic rings. The number of thiophene rings is 1. The van der Waals surface area contributed by atoms with Crippen LogP contribution in [0.1, 0.15) is 0 Å². The average molecular weight is 669 g/mol. The molecule has 0 atom stereocenters. The molecule has 0 amide bonds. The molecule has 0 bridgehead atoms. The molecule has 238 valence electrons. The highest BCUT2D eigenvalue weighted by atomic mass is 32.1. The summed E-state index contributed by atoms with van der Waals surface area (Å²) in [6.45, 7) is 0. The Morgan fingerprint density at radius 3 is 1.82 bits per heavy atom. The molecule has 6 aromatic carbocycles. The fourth-order valence-electron chi connectivity index (χ4n) is 6.94. The summed E-state index contributed by atoms with van der Waals surface area (Å²) in [7, 11) is 0. The van der Waals surface area contributed by atoms with Crippen molar-refractivity contribution in [3.63, 3.8) is 0 Å². The van der Waals surface area contributed by atoms with Gasteiger partial charge in [-0.2, -0.15) is 0 Å². The van der Waals surface area contributed by atoms with Crippen molar-refractivity contribution in [3.05, 3.63) is 170 Å². The Balaban J connectivity index is 1.01. The highest BCUT2D eigenvalue weighted by Gasteiger charge is 2.13. The van der Waals surface area contributed by atoms with Crippen LogP contribution in [0.25, 0.3) is 98.1 Å². The zero-order chi connectivity index (χ0) is 33.7. The van der Waals surface area contributed by atoms with Crippen LogP contribution in [0.5, 0.6) is 0 Å². The maximum Gasteiger partial charge on any atom is 0.160 e. The Labute approximate surface area is 298 Å². The lowest BCUT2D eigenvalue weighted by Crippen LogP contribution is -1.96. The predicted octanol–water partition coefficient (Wildman–Crippen LogP) is 12.3. The first-order valence-electron chi connectivity index (χ1n) is 16.9. The molecule has 0 unspecified atom stereocenters. The first kappa shape index (κ1) is 29.4. The number of benzene rings is 6. The van der Waals surface area contributed by atoms with Crippen molar-refractivity contribution in [1.29, 1.82) is 0 Å². The molecule has 10 aromatic rings. The molecule has 4 nitrogen and oxygen atoms in total. The van der Waals surface area contributed by atoms with Gasteiger partial charge in [-0.25, -0.2) is 15.0 Å². The topological polar surface area (TPSA) is 51.6 Å². The van der Waals surface area contributed by atoms with Crippen LogP contribution in [-0.4, -0.2) is 19.9 Å². The Morgan fingerprint density at radius 2 is 1.04 bits per heavy atom. The second-order valence-electron chi connectivity index (χ2n) is 12.7. The second kappa shape index (κ2) is 12.1. The molecule has 10 rings (SSSR count). The maximum absolute atomic E-state index is 5.06. The van der Waals surface area contributed by atoms with Gasteiger partial charge in [0.05, 0.1) is 27.1 Å². The van der Waals surface area contributed by atoms with Crippen molar-refractivity contribution >= 4 is 53.3 Å². The second-order valence-corrected chi connectivity index (χ2v) is 13.8. The Hall–Kier alpha value is -6.56. The molecule has 4 aromatic heterocycles. The summed E-state index contributed by atoms with van der Waals surface area (Å²) in [5.41, 5.74) is 11.4. The van der Waals surface area contributed by atoms with Crippen LogP contribution in [0, 0.1) is 0 Å². The number of hydrogen-bond acceptors (Lipinski definition) is 5. The van der Waals surface area contributed by atoms with Gasteiger partial charge in [-0.1, -0.05) is 127 Å². The van der Waals surface area contributed by atoms with E-state index in [1.165, 1.54) is 20.2 Å².